The van der Waals surface area contributed by atoms with E-state index >= 15 is 0 Å². The van der Waals surface area contributed by atoms with Gasteiger partial charge >= 0.3 is 5.97 Å². The molecule has 0 aliphatic carbocycles. The Hall–Kier alpha value is -1.02. The zero-order valence-electron chi connectivity index (χ0n) is 10.2. The SMILES string of the molecule is CCCOC(=O)c1c(C)cc(C)c(Cl)c1C. The van der Waals surface area contributed by atoms with Crippen LogP contribution in [0.15, 0.2) is 6.07 Å². The first-order valence-corrected chi connectivity index (χ1v) is 5.80. The van der Waals surface area contributed by atoms with Crippen LogP contribution in [-0.4, -0.2) is 12.6 Å². The van der Waals surface area contributed by atoms with Gasteiger partial charge in [-0.25, -0.2) is 4.79 Å². The van der Waals surface area contributed by atoms with E-state index in [1.165, 1.54) is 0 Å². The molecule has 1 aromatic rings. The van der Waals surface area contributed by atoms with Crippen LogP contribution in [0.3, 0.4) is 0 Å². The molecule has 0 heterocycles. The van der Waals surface area contributed by atoms with Crippen LogP contribution >= 0.6 is 11.6 Å². The van der Waals surface area contributed by atoms with Crippen molar-refractivity contribution < 1.29 is 9.53 Å². The summed E-state index contributed by atoms with van der Waals surface area (Å²) in [6.07, 6.45) is 0.823. The largest absolute Gasteiger partial charge is 0.462 e. The molecule has 0 unspecified atom stereocenters. The van der Waals surface area contributed by atoms with Crippen molar-refractivity contribution in [3.63, 3.8) is 0 Å². The Balaban J connectivity index is 3.13. The molecule has 16 heavy (non-hydrogen) atoms. The zero-order valence-corrected chi connectivity index (χ0v) is 10.9. The van der Waals surface area contributed by atoms with E-state index in [9.17, 15) is 4.79 Å². The highest BCUT2D eigenvalue weighted by molar-refractivity contribution is 6.32. The Morgan fingerprint density at radius 2 is 1.94 bits per heavy atom. The van der Waals surface area contributed by atoms with Crippen LogP contribution in [0.25, 0.3) is 0 Å². The van der Waals surface area contributed by atoms with Crippen molar-refractivity contribution in [2.75, 3.05) is 6.61 Å². The molecule has 0 aromatic heterocycles. The van der Waals surface area contributed by atoms with Crippen LogP contribution < -0.4 is 0 Å². The second kappa shape index (κ2) is 5.35. The number of hydrogen-bond acceptors (Lipinski definition) is 2. The minimum absolute atomic E-state index is 0.279. The number of aryl methyl sites for hydroxylation is 2. The molecule has 0 saturated carbocycles. The van der Waals surface area contributed by atoms with Crippen LogP contribution in [0.4, 0.5) is 0 Å². The number of ether oxygens (including phenoxy) is 1. The monoisotopic (exact) mass is 240 g/mol. The van der Waals surface area contributed by atoms with E-state index in [0.29, 0.717) is 17.2 Å². The van der Waals surface area contributed by atoms with Crippen molar-refractivity contribution in [2.24, 2.45) is 0 Å². The Morgan fingerprint density at radius 1 is 1.31 bits per heavy atom. The van der Waals surface area contributed by atoms with Gasteiger partial charge in [0.1, 0.15) is 0 Å². The Labute approximate surface area is 102 Å². The quantitative estimate of drug-likeness (QED) is 0.751. The van der Waals surface area contributed by atoms with Gasteiger partial charge in [0.15, 0.2) is 0 Å². The molecular weight excluding hydrogens is 224 g/mol. The number of benzene rings is 1. The maximum atomic E-state index is 11.8. The van der Waals surface area contributed by atoms with E-state index < -0.39 is 0 Å². The third kappa shape index (κ3) is 2.56. The maximum absolute atomic E-state index is 11.8. The van der Waals surface area contributed by atoms with Crippen molar-refractivity contribution >= 4 is 17.6 Å². The van der Waals surface area contributed by atoms with E-state index in [2.05, 4.69) is 0 Å². The second-order valence-electron chi connectivity index (χ2n) is 3.96. The van der Waals surface area contributed by atoms with Gasteiger partial charge in [0.05, 0.1) is 12.2 Å². The van der Waals surface area contributed by atoms with E-state index in [0.717, 1.165) is 23.1 Å². The first-order chi connectivity index (χ1) is 7.49. The van der Waals surface area contributed by atoms with Crippen molar-refractivity contribution in [3.8, 4) is 0 Å². The average molecular weight is 241 g/mol. The molecule has 2 nitrogen and oxygen atoms in total. The Kier molecular flexibility index (Phi) is 4.36. The van der Waals surface area contributed by atoms with Crippen molar-refractivity contribution in [1.82, 2.24) is 0 Å². The van der Waals surface area contributed by atoms with E-state index in [4.69, 9.17) is 16.3 Å². The molecule has 88 valence electrons. The molecule has 0 bridgehead atoms. The molecule has 0 fully saturated rings. The van der Waals surface area contributed by atoms with Crippen molar-refractivity contribution in [3.05, 3.63) is 33.3 Å². The van der Waals surface area contributed by atoms with Crippen LogP contribution in [0.5, 0.6) is 0 Å². The third-order valence-electron chi connectivity index (χ3n) is 2.52. The summed E-state index contributed by atoms with van der Waals surface area (Å²) in [7, 11) is 0. The summed E-state index contributed by atoms with van der Waals surface area (Å²) in [6, 6.07) is 1.91. The third-order valence-corrected chi connectivity index (χ3v) is 3.10. The lowest BCUT2D eigenvalue weighted by Crippen LogP contribution is -2.10. The number of carbonyl (C=O) groups excluding carboxylic acids is 1. The van der Waals surface area contributed by atoms with Gasteiger partial charge < -0.3 is 4.74 Å². The summed E-state index contributed by atoms with van der Waals surface area (Å²) in [5, 5.41) is 0.647. The van der Waals surface area contributed by atoms with Gasteiger partial charge in [0.25, 0.3) is 0 Å². The molecule has 0 aliphatic heterocycles. The minimum atomic E-state index is -0.279. The molecule has 1 rings (SSSR count). The molecule has 0 saturated heterocycles. The highest BCUT2D eigenvalue weighted by Crippen LogP contribution is 2.27. The van der Waals surface area contributed by atoms with Gasteiger partial charge in [0.2, 0.25) is 0 Å². The fraction of sp³-hybridized carbons (Fsp3) is 0.462. The summed E-state index contributed by atoms with van der Waals surface area (Å²) in [5.74, 6) is -0.279. The van der Waals surface area contributed by atoms with E-state index in [1.54, 1.807) is 0 Å². The van der Waals surface area contributed by atoms with Crippen LogP contribution in [0.1, 0.15) is 40.4 Å². The Bertz CT molecular complexity index is 411. The first-order valence-electron chi connectivity index (χ1n) is 5.42. The summed E-state index contributed by atoms with van der Waals surface area (Å²) < 4.78 is 5.14. The molecular formula is C13H17ClO2. The molecule has 0 spiro atoms. The van der Waals surface area contributed by atoms with E-state index in [-0.39, 0.29) is 5.97 Å². The summed E-state index contributed by atoms with van der Waals surface area (Å²) in [6.45, 7) is 8.10. The van der Waals surface area contributed by atoms with Crippen LogP contribution in [0, 0.1) is 20.8 Å². The summed E-state index contributed by atoms with van der Waals surface area (Å²) in [4.78, 5) is 11.8. The molecule has 0 aliphatic rings. The van der Waals surface area contributed by atoms with Gasteiger partial charge in [-0.05, 0) is 43.9 Å². The predicted octanol–water partition coefficient (Wildman–Crippen LogP) is 3.83. The lowest BCUT2D eigenvalue weighted by Gasteiger charge is -2.12. The molecule has 3 heteroatoms. The standard InChI is InChI=1S/C13H17ClO2/c1-5-6-16-13(15)11-8(2)7-9(3)12(14)10(11)4/h7H,5-6H2,1-4H3. The highest BCUT2D eigenvalue weighted by Gasteiger charge is 2.17. The van der Waals surface area contributed by atoms with Gasteiger partial charge in [-0.1, -0.05) is 24.6 Å². The van der Waals surface area contributed by atoms with Crippen molar-refractivity contribution in [2.45, 2.75) is 34.1 Å². The van der Waals surface area contributed by atoms with Crippen LogP contribution in [0.2, 0.25) is 5.02 Å². The average Bonchev–Trinajstić information content (AvgIpc) is 2.23. The number of halogens is 1. The van der Waals surface area contributed by atoms with Crippen molar-refractivity contribution in [1.29, 1.82) is 0 Å². The second-order valence-corrected chi connectivity index (χ2v) is 4.34. The van der Waals surface area contributed by atoms with E-state index in [1.807, 2.05) is 33.8 Å². The normalized spacial score (nSPS) is 10.3. The van der Waals surface area contributed by atoms with Gasteiger partial charge in [-0.2, -0.15) is 0 Å². The topological polar surface area (TPSA) is 26.3 Å². The fourth-order valence-electron chi connectivity index (χ4n) is 1.74. The molecule has 1 aromatic carbocycles. The number of rotatable bonds is 3. The summed E-state index contributed by atoms with van der Waals surface area (Å²) >= 11 is 6.13. The smallest absolute Gasteiger partial charge is 0.338 e. The number of carbonyl (C=O) groups is 1. The maximum Gasteiger partial charge on any atom is 0.338 e. The molecule has 0 N–H and O–H groups in total. The predicted molar refractivity (Wildman–Crippen MR) is 66.2 cm³/mol. The molecule has 0 amide bonds. The summed E-state index contributed by atoms with van der Waals surface area (Å²) in [5.41, 5.74) is 3.31. The van der Waals surface area contributed by atoms with Gasteiger partial charge in [0, 0.05) is 5.02 Å². The highest BCUT2D eigenvalue weighted by atomic mass is 35.5. The lowest BCUT2D eigenvalue weighted by molar-refractivity contribution is 0.0503. The van der Waals surface area contributed by atoms with Gasteiger partial charge in [-0.3, -0.25) is 0 Å². The molecule has 0 atom stereocenters. The first kappa shape index (κ1) is 13.0. The lowest BCUT2D eigenvalue weighted by atomic mass is 10.00. The van der Waals surface area contributed by atoms with Crippen LogP contribution in [-0.2, 0) is 4.74 Å². The number of esters is 1. The fourth-order valence-corrected chi connectivity index (χ4v) is 1.89. The zero-order chi connectivity index (χ0) is 12.3. The minimum Gasteiger partial charge on any atom is -0.462 e. The number of hydrogen-bond donors (Lipinski definition) is 0. The van der Waals surface area contributed by atoms with Gasteiger partial charge in [-0.15, -0.1) is 0 Å². The Morgan fingerprint density at radius 3 is 2.50 bits per heavy atom. The molecule has 0 radical (unpaired) electrons.